The van der Waals surface area contributed by atoms with Crippen molar-refractivity contribution in [2.45, 2.75) is 19.6 Å². The van der Waals surface area contributed by atoms with Crippen LogP contribution in [0.2, 0.25) is 0 Å². The van der Waals surface area contributed by atoms with Gasteiger partial charge in [-0.05, 0) is 54.4 Å². The van der Waals surface area contributed by atoms with E-state index < -0.39 is 23.2 Å². The molecule has 1 aromatic heterocycles. The summed E-state index contributed by atoms with van der Waals surface area (Å²) in [5.74, 6) is -0.677. The molecule has 3 aromatic rings. The van der Waals surface area contributed by atoms with Gasteiger partial charge in [0.15, 0.2) is 0 Å². The zero-order valence-electron chi connectivity index (χ0n) is 15.0. The summed E-state index contributed by atoms with van der Waals surface area (Å²) >= 11 is 0. The normalized spacial score (nSPS) is 11.3. The Balaban J connectivity index is 1.81. The van der Waals surface area contributed by atoms with Gasteiger partial charge in [-0.1, -0.05) is 24.3 Å². The van der Waals surface area contributed by atoms with Crippen LogP contribution < -0.4 is 10.9 Å². The first-order valence-corrected chi connectivity index (χ1v) is 8.48. The summed E-state index contributed by atoms with van der Waals surface area (Å²) in [5.41, 5.74) is 0.766. The quantitative estimate of drug-likeness (QED) is 0.719. The fourth-order valence-electron chi connectivity index (χ4n) is 2.75. The number of benzene rings is 2. The smallest absolute Gasteiger partial charge is 0.322 e. The molecule has 0 unspecified atom stereocenters. The molecule has 144 valence electrons. The fourth-order valence-corrected chi connectivity index (χ4v) is 2.75. The third kappa shape index (κ3) is 4.31. The molecule has 0 bridgehead atoms. The number of pyridine rings is 1. The van der Waals surface area contributed by atoms with Crippen molar-refractivity contribution in [3.8, 4) is 0 Å². The van der Waals surface area contributed by atoms with Crippen molar-refractivity contribution in [1.29, 1.82) is 0 Å². The molecule has 0 radical (unpaired) electrons. The number of aryl methyl sites for hydroxylation is 1. The van der Waals surface area contributed by atoms with Crippen molar-refractivity contribution in [3.63, 3.8) is 0 Å². The van der Waals surface area contributed by atoms with Gasteiger partial charge in [-0.3, -0.25) is 9.59 Å². The Morgan fingerprint density at radius 1 is 1.00 bits per heavy atom. The lowest BCUT2D eigenvalue weighted by Gasteiger charge is -2.11. The van der Waals surface area contributed by atoms with E-state index in [1.54, 1.807) is 12.3 Å². The van der Waals surface area contributed by atoms with Crippen LogP contribution in [-0.2, 0) is 12.7 Å². The summed E-state index contributed by atoms with van der Waals surface area (Å²) < 4.78 is 39.3. The number of nitrogens with one attached hydrogen (secondary N) is 1. The molecule has 0 aliphatic carbocycles. The van der Waals surface area contributed by atoms with Gasteiger partial charge in [0.05, 0.1) is 12.1 Å². The molecular weight excluding hydrogens is 369 g/mol. The molecule has 0 atom stereocenters. The second-order valence-corrected chi connectivity index (χ2v) is 6.31. The van der Waals surface area contributed by atoms with Crippen LogP contribution in [0.15, 0.2) is 71.7 Å². The summed E-state index contributed by atoms with van der Waals surface area (Å²) in [5, 5.41) is 2.46. The number of hydrogen-bond acceptors (Lipinski definition) is 2. The summed E-state index contributed by atoms with van der Waals surface area (Å²) in [6.45, 7) is 2.24. The summed E-state index contributed by atoms with van der Waals surface area (Å²) in [6, 6.07) is 14.6. The van der Waals surface area contributed by atoms with Gasteiger partial charge in [0.1, 0.15) is 5.56 Å². The van der Waals surface area contributed by atoms with Gasteiger partial charge in [0.2, 0.25) is 0 Å². The number of hydrogen-bond donors (Lipinski definition) is 1. The molecule has 0 spiro atoms. The Morgan fingerprint density at radius 3 is 2.32 bits per heavy atom. The topological polar surface area (TPSA) is 51.1 Å². The number of carbonyl (C=O) groups is 1. The van der Waals surface area contributed by atoms with Gasteiger partial charge < -0.3 is 9.88 Å². The second-order valence-electron chi connectivity index (χ2n) is 6.31. The Bertz CT molecular complexity index is 1050. The molecule has 28 heavy (non-hydrogen) atoms. The average molecular weight is 386 g/mol. The van der Waals surface area contributed by atoms with E-state index in [0.717, 1.165) is 35.4 Å². The van der Waals surface area contributed by atoms with Crippen LogP contribution in [0.5, 0.6) is 0 Å². The standard InChI is InChI=1S/C21H17F3N2O2/c1-14-5-2-3-6-15(14)13-26-12-4-7-18(20(26)28)19(27)25-17-10-8-16(9-11-17)21(22,23)24/h2-12H,13H2,1H3,(H,25,27). The molecule has 0 aliphatic rings. The maximum atomic E-state index is 12.7. The van der Waals surface area contributed by atoms with E-state index in [2.05, 4.69) is 5.32 Å². The zero-order valence-corrected chi connectivity index (χ0v) is 15.0. The molecule has 2 aromatic carbocycles. The zero-order chi connectivity index (χ0) is 20.3. The first-order valence-electron chi connectivity index (χ1n) is 8.48. The van der Waals surface area contributed by atoms with Crippen LogP contribution in [0.3, 0.4) is 0 Å². The Kier molecular flexibility index (Phi) is 5.35. The highest BCUT2D eigenvalue weighted by atomic mass is 19.4. The minimum atomic E-state index is -4.45. The molecular formula is C21H17F3N2O2. The Labute approximate surface area is 159 Å². The van der Waals surface area contributed by atoms with Crippen LogP contribution in [0.4, 0.5) is 18.9 Å². The Morgan fingerprint density at radius 2 is 1.68 bits per heavy atom. The third-order valence-electron chi connectivity index (χ3n) is 4.34. The van der Waals surface area contributed by atoms with Gasteiger partial charge in [-0.15, -0.1) is 0 Å². The molecule has 0 saturated heterocycles. The molecule has 4 nitrogen and oxygen atoms in total. The van der Waals surface area contributed by atoms with Crippen LogP contribution in [0.25, 0.3) is 0 Å². The van der Waals surface area contributed by atoms with Crippen LogP contribution in [-0.4, -0.2) is 10.5 Å². The number of halogens is 3. The number of aromatic nitrogens is 1. The van der Waals surface area contributed by atoms with Crippen molar-refractivity contribution in [2.75, 3.05) is 5.32 Å². The molecule has 0 aliphatic heterocycles. The molecule has 3 rings (SSSR count). The summed E-state index contributed by atoms with van der Waals surface area (Å²) in [7, 11) is 0. The maximum Gasteiger partial charge on any atom is 0.416 e. The number of rotatable bonds is 4. The fraction of sp³-hybridized carbons (Fsp3) is 0.143. The van der Waals surface area contributed by atoms with E-state index >= 15 is 0 Å². The SMILES string of the molecule is Cc1ccccc1Cn1cccc(C(=O)Nc2ccc(C(F)(F)F)cc2)c1=O. The first-order chi connectivity index (χ1) is 13.3. The molecule has 1 N–H and O–H groups in total. The third-order valence-corrected chi connectivity index (χ3v) is 4.34. The second kappa shape index (κ2) is 7.72. The molecule has 1 heterocycles. The lowest BCUT2D eigenvalue weighted by Crippen LogP contribution is -2.29. The number of amides is 1. The lowest BCUT2D eigenvalue weighted by molar-refractivity contribution is -0.137. The summed E-state index contributed by atoms with van der Waals surface area (Å²) in [4.78, 5) is 25.1. The minimum absolute atomic E-state index is 0.0871. The highest BCUT2D eigenvalue weighted by Gasteiger charge is 2.30. The molecule has 0 saturated carbocycles. The van der Waals surface area contributed by atoms with Crippen molar-refractivity contribution in [1.82, 2.24) is 4.57 Å². The average Bonchev–Trinajstić information content (AvgIpc) is 2.65. The maximum absolute atomic E-state index is 12.7. The lowest BCUT2D eigenvalue weighted by atomic mass is 10.1. The van der Waals surface area contributed by atoms with Crippen LogP contribution >= 0.6 is 0 Å². The van der Waals surface area contributed by atoms with Gasteiger partial charge in [0, 0.05) is 11.9 Å². The van der Waals surface area contributed by atoms with Gasteiger partial charge in [-0.2, -0.15) is 13.2 Å². The predicted octanol–water partition coefficient (Wildman–Crippen LogP) is 4.48. The number of alkyl halides is 3. The highest BCUT2D eigenvalue weighted by molar-refractivity contribution is 6.03. The van der Waals surface area contributed by atoms with E-state index in [0.29, 0.717) is 6.54 Å². The van der Waals surface area contributed by atoms with Crippen LogP contribution in [0, 0.1) is 6.92 Å². The molecule has 7 heteroatoms. The minimum Gasteiger partial charge on any atom is -0.322 e. The van der Waals surface area contributed by atoms with Crippen LogP contribution in [0.1, 0.15) is 27.0 Å². The number of nitrogens with zero attached hydrogens (tertiary/aromatic N) is 1. The monoisotopic (exact) mass is 386 g/mol. The van der Waals surface area contributed by atoms with Gasteiger partial charge >= 0.3 is 6.18 Å². The van der Waals surface area contributed by atoms with Gasteiger partial charge in [-0.25, -0.2) is 0 Å². The molecule has 0 fully saturated rings. The predicted molar refractivity (Wildman–Crippen MR) is 100 cm³/mol. The Hall–Kier alpha value is -3.35. The van der Waals surface area contributed by atoms with Crippen molar-refractivity contribution in [3.05, 3.63) is 99.5 Å². The van der Waals surface area contributed by atoms with E-state index in [-0.39, 0.29) is 11.3 Å². The van der Waals surface area contributed by atoms with E-state index in [1.165, 1.54) is 10.6 Å². The van der Waals surface area contributed by atoms with Gasteiger partial charge in [0.25, 0.3) is 11.5 Å². The van der Waals surface area contributed by atoms with E-state index in [1.807, 2.05) is 31.2 Å². The van der Waals surface area contributed by atoms with Crippen molar-refractivity contribution >= 4 is 11.6 Å². The molecule has 1 amide bonds. The van der Waals surface area contributed by atoms with Crippen molar-refractivity contribution in [2.24, 2.45) is 0 Å². The summed E-state index contributed by atoms with van der Waals surface area (Å²) in [6.07, 6.45) is -2.87. The van der Waals surface area contributed by atoms with E-state index in [4.69, 9.17) is 0 Å². The first kappa shape index (κ1) is 19.4. The number of carbonyl (C=O) groups excluding carboxylic acids is 1. The highest BCUT2D eigenvalue weighted by Crippen LogP contribution is 2.29. The van der Waals surface area contributed by atoms with E-state index in [9.17, 15) is 22.8 Å². The largest absolute Gasteiger partial charge is 0.416 e. The number of anilines is 1. The van der Waals surface area contributed by atoms with Crippen molar-refractivity contribution < 1.29 is 18.0 Å².